The van der Waals surface area contributed by atoms with Crippen LogP contribution < -0.4 is 0 Å². The van der Waals surface area contributed by atoms with Crippen LogP contribution in [-0.4, -0.2) is 96.7 Å². The highest BCUT2D eigenvalue weighted by molar-refractivity contribution is 7.47. The van der Waals surface area contributed by atoms with Crippen molar-refractivity contribution in [3.05, 3.63) is 134 Å². The Morgan fingerprint density at radius 2 is 0.560 bits per heavy atom. The molecule has 0 amide bonds. The van der Waals surface area contributed by atoms with Gasteiger partial charge in [0.1, 0.15) is 19.3 Å². The van der Waals surface area contributed by atoms with Crippen LogP contribution in [0.1, 0.15) is 297 Å². The minimum absolute atomic E-state index is 0.0559. The first-order chi connectivity index (χ1) is 48.7. The lowest BCUT2D eigenvalue weighted by Crippen LogP contribution is -2.30. The second-order valence-corrected chi connectivity index (χ2v) is 28.1. The first kappa shape index (κ1) is 95.2. The highest BCUT2D eigenvalue weighted by atomic mass is 31.2. The van der Waals surface area contributed by atoms with Gasteiger partial charge >= 0.3 is 39.5 Å². The average molecular weight is 1440 g/mol. The maximum atomic E-state index is 13.1. The molecule has 0 saturated carbocycles. The smallest absolute Gasteiger partial charge is 0.462 e. The predicted octanol–water partition coefficient (Wildman–Crippen LogP) is 22.1. The summed E-state index contributed by atoms with van der Waals surface area (Å²) in [6.45, 7) is 4.45. The Hall–Kier alpha value is -4.80. The van der Waals surface area contributed by atoms with Crippen molar-refractivity contribution in [3.63, 3.8) is 0 Å². The van der Waals surface area contributed by atoms with Crippen molar-refractivity contribution in [2.75, 3.05) is 39.6 Å². The normalized spacial score (nSPS) is 14.7. The number of unbranched alkanes of at least 4 members (excludes halogenated alkanes) is 24. The van der Waals surface area contributed by atoms with Gasteiger partial charge in [0.2, 0.25) is 0 Å². The molecule has 0 saturated heterocycles. The molecule has 0 aromatic carbocycles. The Balaban J connectivity index is 5.46. The Kier molecular flexibility index (Phi) is 69.1. The van der Waals surface area contributed by atoms with Crippen LogP contribution in [0.3, 0.4) is 0 Å². The minimum Gasteiger partial charge on any atom is -0.462 e. The summed E-state index contributed by atoms with van der Waals surface area (Å²) in [5, 5.41) is 10.6. The third-order valence-electron chi connectivity index (χ3n) is 15.6. The number of rotatable bonds is 71. The van der Waals surface area contributed by atoms with Crippen molar-refractivity contribution in [1.82, 2.24) is 0 Å². The Morgan fingerprint density at radius 3 is 0.930 bits per heavy atom. The van der Waals surface area contributed by atoms with E-state index in [0.29, 0.717) is 25.7 Å². The van der Waals surface area contributed by atoms with Crippen LogP contribution in [0, 0.1) is 0 Å². The number of carbonyl (C=O) groups excluding carboxylic acids is 4. The lowest BCUT2D eigenvalue weighted by atomic mass is 10.0. The lowest BCUT2D eigenvalue weighted by Gasteiger charge is -2.21. The summed E-state index contributed by atoms with van der Waals surface area (Å²) < 4.78 is 68.3. The van der Waals surface area contributed by atoms with Crippen LogP contribution in [0.15, 0.2) is 134 Å². The van der Waals surface area contributed by atoms with E-state index in [2.05, 4.69) is 137 Å². The first-order valence-electron chi connectivity index (χ1n) is 38.4. The van der Waals surface area contributed by atoms with Gasteiger partial charge in [0, 0.05) is 19.3 Å². The molecular formula is C81H136O17P2. The summed E-state index contributed by atoms with van der Waals surface area (Å²) in [4.78, 5) is 72.8. The third-order valence-corrected chi connectivity index (χ3v) is 17.5. The Morgan fingerprint density at radius 1 is 0.300 bits per heavy atom. The predicted molar refractivity (Wildman–Crippen MR) is 408 cm³/mol. The molecule has 572 valence electrons. The zero-order chi connectivity index (χ0) is 73.2. The molecule has 0 aliphatic rings. The van der Waals surface area contributed by atoms with Gasteiger partial charge < -0.3 is 33.8 Å². The Labute approximate surface area is 605 Å². The number of esters is 4. The summed E-state index contributed by atoms with van der Waals surface area (Å²) >= 11 is 0. The molecule has 0 heterocycles. The maximum Gasteiger partial charge on any atom is 0.472 e. The molecule has 0 radical (unpaired) electrons. The lowest BCUT2D eigenvalue weighted by molar-refractivity contribution is -0.161. The molecular weight excluding hydrogens is 1310 g/mol. The van der Waals surface area contributed by atoms with Crippen molar-refractivity contribution in [2.45, 2.75) is 316 Å². The largest absolute Gasteiger partial charge is 0.472 e. The van der Waals surface area contributed by atoms with E-state index in [4.69, 9.17) is 37.0 Å². The number of hydrogen-bond acceptors (Lipinski definition) is 15. The molecule has 17 nitrogen and oxygen atoms in total. The summed E-state index contributed by atoms with van der Waals surface area (Å²) in [5.41, 5.74) is 0. The summed E-state index contributed by atoms with van der Waals surface area (Å²) in [6.07, 6.45) is 80.4. The van der Waals surface area contributed by atoms with Gasteiger partial charge in [-0.2, -0.15) is 0 Å². The topological polar surface area (TPSA) is 237 Å². The zero-order valence-corrected chi connectivity index (χ0v) is 64.1. The van der Waals surface area contributed by atoms with E-state index in [1.165, 1.54) is 83.5 Å². The van der Waals surface area contributed by atoms with Crippen molar-refractivity contribution < 1.29 is 80.2 Å². The highest BCUT2D eigenvalue weighted by Gasteiger charge is 2.30. The molecule has 0 aromatic heterocycles. The van der Waals surface area contributed by atoms with Gasteiger partial charge in [0.15, 0.2) is 12.2 Å². The molecule has 0 rings (SSSR count). The van der Waals surface area contributed by atoms with E-state index in [-0.39, 0.29) is 25.7 Å². The molecule has 0 aliphatic carbocycles. The van der Waals surface area contributed by atoms with E-state index >= 15 is 0 Å². The Bertz CT molecular complexity index is 2420. The minimum atomic E-state index is -5.00. The van der Waals surface area contributed by atoms with E-state index < -0.39 is 97.5 Å². The molecule has 0 bridgehead atoms. The van der Waals surface area contributed by atoms with Gasteiger partial charge in [-0.05, 0) is 122 Å². The highest BCUT2D eigenvalue weighted by Crippen LogP contribution is 2.45. The van der Waals surface area contributed by atoms with E-state index in [1.54, 1.807) is 6.08 Å². The zero-order valence-electron chi connectivity index (χ0n) is 62.3. The number of allylic oxidation sites excluding steroid dienone is 21. The molecule has 0 aromatic rings. The van der Waals surface area contributed by atoms with Crippen molar-refractivity contribution in [2.24, 2.45) is 0 Å². The van der Waals surface area contributed by atoms with Crippen molar-refractivity contribution in [1.29, 1.82) is 0 Å². The molecule has 19 heteroatoms. The van der Waals surface area contributed by atoms with Crippen molar-refractivity contribution in [3.8, 4) is 0 Å². The summed E-state index contributed by atoms with van der Waals surface area (Å²) in [5.74, 6) is -2.38. The molecule has 0 fully saturated rings. The van der Waals surface area contributed by atoms with Crippen LogP contribution in [0.2, 0.25) is 0 Å². The fourth-order valence-corrected chi connectivity index (χ4v) is 11.4. The maximum absolute atomic E-state index is 13.1. The number of aliphatic hydroxyl groups excluding tert-OH is 1. The molecule has 0 aliphatic heterocycles. The third kappa shape index (κ3) is 71.6. The fraction of sp³-hybridized carbons (Fsp3) is 0.679. The van der Waals surface area contributed by atoms with Gasteiger partial charge in [-0.15, -0.1) is 0 Å². The number of carbonyl (C=O) groups is 4. The second-order valence-electron chi connectivity index (χ2n) is 25.2. The van der Waals surface area contributed by atoms with Gasteiger partial charge in [-0.25, -0.2) is 9.13 Å². The summed E-state index contributed by atoms with van der Waals surface area (Å²) in [7, 11) is -9.99. The average Bonchev–Trinajstić information content (AvgIpc) is 1.01. The molecule has 3 N–H and O–H groups in total. The fourth-order valence-electron chi connectivity index (χ4n) is 9.84. The van der Waals surface area contributed by atoms with Crippen LogP contribution in [0.5, 0.6) is 0 Å². The van der Waals surface area contributed by atoms with Crippen LogP contribution in [0.4, 0.5) is 0 Å². The quantitative estimate of drug-likeness (QED) is 0.0169. The van der Waals surface area contributed by atoms with E-state index in [1.807, 2.05) is 18.2 Å². The van der Waals surface area contributed by atoms with E-state index in [0.717, 1.165) is 135 Å². The van der Waals surface area contributed by atoms with Gasteiger partial charge in [0.25, 0.3) is 0 Å². The van der Waals surface area contributed by atoms with Gasteiger partial charge in [-0.1, -0.05) is 283 Å². The SMILES string of the molecule is CC/C=C\C/C=C\C/C=C\C/C=C\C/C=C\CC(=O)OCC(COP(=O)(O)OCC(O)COP(=O)(O)OCC(COC(=O)CCCC/C=C\C/C=C\C/C=C\C/C=C\CC)OC(=O)CCCCCCCCCCCCCCCCC)OC(=O)CCCCCCC/C=C\C/C=C\CCCCC. The number of phosphoric acid groups is 2. The molecule has 0 spiro atoms. The molecule has 5 atom stereocenters. The number of hydrogen-bond donors (Lipinski definition) is 3. The van der Waals surface area contributed by atoms with Gasteiger partial charge in [-0.3, -0.25) is 37.3 Å². The number of aliphatic hydroxyl groups is 1. The van der Waals surface area contributed by atoms with Crippen molar-refractivity contribution >= 4 is 39.5 Å². The second kappa shape index (κ2) is 72.5. The van der Waals surface area contributed by atoms with Crippen LogP contribution >= 0.6 is 15.6 Å². The molecule has 100 heavy (non-hydrogen) atoms. The van der Waals surface area contributed by atoms with E-state index in [9.17, 15) is 43.2 Å². The first-order valence-corrected chi connectivity index (χ1v) is 41.4. The van der Waals surface area contributed by atoms with Crippen LogP contribution in [0.25, 0.3) is 0 Å². The molecule has 5 unspecified atom stereocenters. The number of ether oxygens (including phenoxy) is 4. The van der Waals surface area contributed by atoms with Gasteiger partial charge in [0.05, 0.1) is 32.8 Å². The summed E-state index contributed by atoms with van der Waals surface area (Å²) in [6, 6.07) is 0. The number of phosphoric ester groups is 2. The van der Waals surface area contributed by atoms with Crippen LogP contribution in [-0.2, 0) is 65.4 Å². The monoisotopic (exact) mass is 1440 g/mol. The standard InChI is InChI=1S/C81H136O17P2/c1-5-9-13-17-21-25-29-33-37-41-45-49-53-57-61-65-78(83)91-71-76(97-80(85)67-63-59-55-51-47-43-39-35-31-27-23-19-15-11-7-3)73-95-99(87,88)93-69-75(82)70-94-100(89,90)96-74-77(98-81(86)68-64-60-56-52-48-44-40-36-32-28-24-20-16-12-8-4)72-92-79(84)66-62-58-54-50-46-42-38-34-30-26-22-18-14-10-6-2/h9-10,13-14,21-23,25-27,33-35,37-39,45-46,49-50,57,61,75-77,82H,5-8,11-12,15-20,24,28-32,36,40-44,47-48,51-56,58-60,62-74H2,1-4H3,(H,87,88)(H,89,90)/b13-9-,14-10-,25-21-,26-22-,27-23-,37-33-,38-34-,39-35-,49-45-,50-46-,61-57-.